The van der Waals surface area contributed by atoms with Crippen molar-refractivity contribution in [3.05, 3.63) is 83.7 Å². The molecule has 0 unspecified atom stereocenters. The van der Waals surface area contributed by atoms with Crippen molar-refractivity contribution in [2.24, 2.45) is 0 Å². The summed E-state index contributed by atoms with van der Waals surface area (Å²) < 4.78 is 11.0. The Balaban J connectivity index is 1.63. The molecular formula is C25H28N2O4. The van der Waals surface area contributed by atoms with Crippen LogP contribution in [0.25, 0.3) is 0 Å². The molecule has 0 spiro atoms. The number of hydrogen-bond donors (Lipinski definition) is 1. The Hall–Kier alpha value is -3.28. The lowest BCUT2D eigenvalue weighted by molar-refractivity contribution is -0.127. The number of hydrogen-bond acceptors (Lipinski definition) is 4. The Morgan fingerprint density at radius 1 is 1.06 bits per heavy atom. The van der Waals surface area contributed by atoms with Crippen molar-refractivity contribution >= 4 is 11.8 Å². The maximum absolute atomic E-state index is 13.4. The number of carbonyl (C=O) groups excluding carboxylic acids is 2. The van der Waals surface area contributed by atoms with E-state index in [1.807, 2.05) is 25.1 Å². The maximum Gasteiger partial charge on any atom is 0.290 e. The SMILES string of the molecule is Cc1cccc(CCN(C(=O)c2ccco2)[C@H](C(=O)NC2CCCC2)c2ccco2)c1. The second-order valence-corrected chi connectivity index (χ2v) is 8.12. The van der Waals surface area contributed by atoms with E-state index in [1.165, 1.54) is 12.5 Å². The van der Waals surface area contributed by atoms with Gasteiger partial charge in [-0.05, 0) is 56.0 Å². The minimum Gasteiger partial charge on any atom is -0.467 e. The molecule has 0 saturated heterocycles. The summed E-state index contributed by atoms with van der Waals surface area (Å²) in [4.78, 5) is 28.3. The van der Waals surface area contributed by atoms with Gasteiger partial charge in [0.1, 0.15) is 5.76 Å². The van der Waals surface area contributed by atoms with Gasteiger partial charge in [-0.1, -0.05) is 42.7 Å². The fourth-order valence-electron chi connectivity index (χ4n) is 4.23. The third-order valence-electron chi connectivity index (χ3n) is 5.79. The number of rotatable bonds is 8. The van der Waals surface area contributed by atoms with Crippen LogP contribution in [-0.2, 0) is 11.2 Å². The minimum absolute atomic E-state index is 0.141. The third kappa shape index (κ3) is 5.08. The van der Waals surface area contributed by atoms with Crippen molar-refractivity contribution in [3.63, 3.8) is 0 Å². The summed E-state index contributed by atoms with van der Waals surface area (Å²) in [6.45, 7) is 2.39. The molecule has 4 rings (SSSR count). The molecule has 3 aromatic rings. The highest BCUT2D eigenvalue weighted by Crippen LogP contribution is 2.26. The number of benzene rings is 1. The van der Waals surface area contributed by atoms with Crippen molar-refractivity contribution in [1.29, 1.82) is 0 Å². The predicted octanol–water partition coefficient (Wildman–Crippen LogP) is 4.67. The van der Waals surface area contributed by atoms with Crippen LogP contribution < -0.4 is 5.32 Å². The van der Waals surface area contributed by atoms with Gasteiger partial charge in [-0.3, -0.25) is 9.59 Å². The van der Waals surface area contributed by atoms with E-state index in [-0.39, 0.29) is 23.6 Å². The van der Waals surface area contributed by atoms with Crippen LogP contribution in [0.1, 0.15) is 59.2 Å². The number of nitrogens with zero attached hydrogens (tertiary/aromatic N) is 1. The van der Waals surface area contributed by atoms with Gasteiger partial charge in [0, 0.05) is 12.6 Å². The molecule has 1 atom stereocenters. The van der Waals surface area contributed by atoms with E-state index in [1.54, 1.807) is 29.2 Å². The first kappa shape index (κ1) is 21.0. The van der Waals surface area contributed by atoms with Crippen LogP contribution in [-0.4, -0.2) is 29.3 Å². The molecule has 2 amide bonds. The van der Waals surface area contributed by atoms with Gasteiger partial charge in [0.25, 0.3) is 11.8 Å². The lowest BCUT2D eigenvalue weighted by atomic mass is 10.1. The van der Waals surface area contributed by atoms with Crippen LogP contribution in [0, 0.1) is 6.92 Å². The Labute approximate surface area is 182 Å². The molecule has 0 bridgehead atoms. The number of nitrogens with one attached hydrogen (secondary N) is 1. The van der Waals surface area contributed by atoms with Crippen molar-refractivity contribution in [1.82, 2.24) is 10.2 Å². The lowest BCUT2D eigenvalue weighted by Crippen LogP contribution is -2.46. The largest absolute Gasteiger partial charge is 0.467 e. The molecule has 0 aliphatic heterocycles. The molecule has 6 nitrogen and oxygen atoms in total. The topological polar surface area (TPSA) is 75.7 Å². The molecule has 1 aliphatic rings. The predicted molar refractivity (Wildman–Crippen MR) is 116 cm³/mol. The van der Waals surface area contributed by atoms with Crippen LogP contribution in [0.3, 0.4) is 0 Å². The summed E-state index contributed by atoms with van der Waals surface area (Å²) in [6.07, 6.45) is 7.76. The molecule has 31 heavy (non-hydrogen) atoms. The number of amides is 2. The second kappa shape index (κ2) is 9.69. The molecule has 1 aromatic carbocycles. The first-order valence-electron chi connectivity index (χ1n) is 10.9. The molecule has 2 heterocycles. The molecule has 1 saturated carbocycles. The fraction of sp³-hybridized carbons (Fsp3) is 0.360. The zero-order valence-electron chi connectivity index (χ0n) is 17.8. The van der Waals surface area contributed by atoms with E-state index in [9.17, 15) is 9.59 Å². The molecule has 1 aliphatic carbocycles. The zero-order chi connectivity index (χ0) is 21.6. The molecule has 2 aromatic heterocycles. The average Bonchev–Trinajstić information content (AvgIpc) is 3.54. The van der Waals surface area contributed by atoms with Crippen LogP contribution in [0.5, 0.6) is 0 Å². The summed E-state index contributed by atoms with van der Waals surface area (Å²) in [5.74, 6) is 0.0979. The van der Waals surface area contributed by atoms with E-state index in [0.717, 1.165) is 36.8 Å². The fourth-order valence-corrected chi connectivity index (χ4v) is 4.23. The maximum atomic E-state index is 13.4. The Morgan fingerprint density at radius 2 is 1.84 bits per heavy atom. The monoisotopic (exact) mass is 420 g/mol. The van der Waals surface area contributed by atoms with Gasteiger partial charge in [-0.25, -0.2) is 0 Å². The van der Waals surface area contributed by atoms with Crippen molar-refractivity contribution in [2.75, 3.05) is 6.54 Å². The summed E-state index contributed by atoms with van der Waals surface area (Å²) in [7, 11) is 0. The lowest BCUT2D eigenvalue weighted by Gasteiger charge is -2.30. The highest BCUT2D eigenvalue weighted by molar-refractivity contribution is 5.95. The summed E-state index contributed by atoms with van der Waals surface area (Å²) in [5.41, 5.74) is 2.26. The molecule has 1 N–H and O–H groups in total. The minimum atomic E-state index is -0.863. The molecule has 0 radical (unpaired) electrons. The van der Waals surface area contributed by atoms with Crippen molar-refractivity contribution in [2.45, 2.75) is 51.1 Å². The van der Waals surface area contributed by atoms with E-state index in [4.69, 9.17) is 8.83 Å². The van der Waals surface area contributed by atoms with Crippen molar-refractivity contribution < 1.29 is 18.4 Å². The average molecular weight is 421 g/mol. The van der Waals surface area contributed by atoms with Gasteiger partial charge in [0.05, 0.1) is 12.5 Å². The zero-order valence-corrected chi connectivity index (χ0v) is 17.8. The van der Waals surface area contributed by atoms with E-state index in [2.05, 4.69) is 11.4 Å². The quantitative estimate of drug-likeness (QED) is 0.575. The highest BCUT2D eigenvalue weighted by Gasteiger charge is 2.36. The standard InChI is InChI=1S/C25H28N2O4/c1-18-7-4-8-19(17-18)13-14-27(25(29)22-12-6-16-31-22)23(21-11-5-15-30-21)24(28)26-20-9-2-3-10-20/h4-8,11-12,15-17,20,23H,2-3,9-10,13-14H2,1H3,(H,26,28)/t23-/m0/s1. The van der Waals surface area contributed by atoms with Crippen LogP contribution >= 0.6 is 0 Å². The van der Waals surface area contributed by atoms with Crippen LogP contribution in [0.2, 0.25) is 0 Å². The van der Waals surface area contributed by atoms with Gasteiger partial charge in [0.2, 0.25) is 0 Å². The summed E-state index contributed by atoms with van der Waals surface area (Å²) in [6, 6.07) is 14.2. The van der Waals surface area contributed by atoms with Gasteiger partial charge in [0.15, 0.2) is 11.8 Å². The normalized spacial score (nSPS) is 15.0. The second-order valence-electron chi connectivity index (χ2n) is 8.12. The van der Waals surface area contributed by atoms with E-state index >= 15 is 0 Å². The van der Waals surface area contributed by atoms with Gasteiger partial charge in [-0.15, -0.1) is 0 Å². The van der Waals surface area contributed by atoms with Gasteiger partial charge >= 0.3 is 0 Å². The van der Waals surface area contributed by atoms with Gasteiger partial charge in [-0.2, -0.15) is 0 Å². The number of aryl methyl sites for hydroxylation is 1. The number of carbonyl (C=O) groups is 2. The molecule has 6 heteroatoms. The Morgan fingerprint density at radius 3 is 2.52 bits per heavy atom. The summed E-state index contributed by atoms with van der Waals surface area (Å²) >= 11 is 0. The molecular weight excluding hydrogens is 392 g/mol. The Bertz CT molecular complexity index is 988. The van der Waals surface area contributed by atoms with Crippen LogP contribution in [0.15, 0.2) is 69.9 Å². The molecule has 1 fully saturated rings. The van der Waals surface area contributed by atoms with Gasteiger partial charge < -0.3 is 19.1 Å². The first-order valence-corrected chi connectivity index (χ1v) is 10.9. The Kier molecular flexibility index (Phi) is 6.55. The smallest absolute Gasteiger partial charge is 0.290 e. The van der Waals surface area contributed by atoms with Crippen molar-refractivity contribution in [3.8, 4) is 0 Å². The molecule has 162 valence electrons. The first-order chi connectivity index (χ1) is 15.1. The van der Waals surface area contributed by atoms with E-state index < -0.39 is 6.04 Å². The highest BCUT2D eigenvalue weighted by atomic mass is 16.3. The van der Waals surface area contributed by atoms with E-state index in [0.29, 0.717) is 18.7 Å². The number of furan rings is 2. The third-order valence-corrected chi connectivity index (χ3v) is 5.79. The summed E-state index contributed by atoms with van der Waals surface area (Å²) in [5, 5.41) is 3.13. The van der Waals surface area contributed by atoms with Crippen LogP contribution in [0.4, 0.5) is 0 Å².